The van der Waals surface area contributed by atoms with Crippen LogP contribution in [0.15, 0.2) is 22.8 Å². The highest BCUT2D eigenvalue weighted by molar-refractivity contribution is 5.74. The van der Waals surface area contributed by atoms with Gasteiger partial charge in [0.25, 0.3) is 0 Å². The van der Waals surface area contributed by atoms with Gasteiger partial charge < -0.3 is 15.1 Å². The molecule has 1 aromatic heterocycles. The summed E-state index contributed by atoms with van der Waals surface area (Å²) in [4.78, 5) is 17.1. The van der Waals surface area contributed by atoms with E-state index in [2.05, 4.69) is 34.3 Å². The van der Waals surface area contributed by atoms with Crippen LogP contribution in [0.1, 0.15) is 44.9 Å². The molecule has 6 heteroatoms. The molecule has 6 nitrogen and oxygen atoms in total. The van der Waals surface area contributed by atoms with Gasteiger partial charge in [-0.1, -0.05) is 0 Å². The van der Waals surface area contributed by atoms with Gasteiger partial charge in [0.05, 0.1) is 12.3 Å². The standard InChI is InChI=1S/C18H30N4O2/c1-14(2)22-10-7-15(13-22)20-18(23)19-12-16(17-6-5-11-24-17)21-8-3-4-9-21/h5-6,11,14-16H,3-4,7-10,12-13H2,1-2H3,(H2,19,20,23)/t15-,16+/m1/s1. The molecule has 2 N–H and O–H groups in total. The maximum absolute atomic E-state index is 12.3. The van der Waals surface area contributed by atoms with Gasteiger partial charge in [-0.3, -0.25) is 9.80 Å². The fourth-order valence-corrected chi connectivity index (χ4v) is 3.74. The Balaban J connectivity index is 1.48. The summed E-state index contributed by atoms with van der Waals surface area (Å²) < 4.78 is 5.59. The molecule has 2 saturated heterocycles. The van der Waals surface area contributed by atoms with Crippen molar-refractivity contribution >= 4 is 6.03 Å². The fraction of sp³-hybridized carbons (Fsp3) is 0.722. The molecule has 0 unspecified atom stereocenters. The molecule has 134 valence electrons. The topological polar surface area (TPSA) is 60.8 Å². The molecule has 2 aliphatic rings. The number of amides is 2. The lowest BCUT2D eigenvalue weighted by Crippen LogP contribution is -2.46. The molecular formula is C18H30N4O2. The van der Waals surface area contributed by atoms with Crippen molar-refractivity contribution in [2.24, 2.45) is 0 Å². The van der Waals surface area contributed by atoms with Crippen LogP contribution in [0.25, 0.3) is 0 Å². The van der Waals surface area contributed by atoms with Gasteiger partial charge in [-0.25, -0.2) is 4.79 Å². The minimum Gasteiger partial charge on any atom is -0.468 e. The number of likely N-dealkylation sites (tertiary alicyclic amines) is 2. The average molecular weight is 334 g/mol. The summed E-state index contributed by atoms with van der Waals surface area (Å²) in [6, 6.07) is 4.77. The Morgan fingerprint density at radius 2 is 2.08 bits per heavy atom. The number of carbonyl (C=O) groups excluding carboxylic acids is 1. The fourth-order valence-electron chi connectivity index (χ4n) is 3.74. The predicted molar refractivity (Wildman–Crippen MR) is 93.9 cm³/mol. The van der Waals surface area contributed by atoms with Crippen LogP contribution < -0.4 is 10.6 Å². The summed E-state index contributed by atoms with van der Waals surface area (Å²) in [5.41, 5.74) is 0. The zero-order valence-corrected chi connectivity index (χ0v) is 14.8. The third-order valence-corrected chi connectivity index (χ3v) is 5.19. The third-order valence-electron chi connectivity index (χ3n) is 5.19. The SMILES string of the molecule is CC(C)N1CC[C@@H](NC(=O)NC[C@@H](c2ccco2)N2CCCC2)C1. The van der Waals surface area contributed by atoms with Gasteiger partial charge in [-0.15, -0.1) is 0 Å². The largest absolute Gasteiger partial charge is 0.468 e. The molecule has 3 rings (SSSR count). The monoisotopic (exact) mass is 334 g/mol. The molecule has 0 aromatic carbocycles. The average Bonchev–Trinajstić information content (AvgIpc) is 3.30. The summed E-state index contributed by atoms with van der Waals surface area (Å²) >= 11 is 0. The van der Waals surface area contributed by atoms with Crippen molar-refractivity contribution in [2.45, 2.75) is 51.2 Å². The molecule has 24 heavy (non-hydrogen) atoms. The van der Waals surface area contributed by atoms with Crippen molar-refractivity contribution in [3.8, 4) is 0 Å². The number of nitrogens with one attached hydrogen (secondary N) is 2. The van der Waals surface area contributed by atoms with Crippen LogP contribution in [0, 0.1) is 0 Å². The molecule has 0 saturated carbocycles. The van der Waals surface area contributed by atoms with E-state index in [1.165, 1.54) is 12.8 Å². The number of urea groups is 1. The van der Waals surface area contributed by atoms with Gasteiger partial charge >= 0.3 is 6.03 Å². The summed E-state index contributed by atoms with van der Waals surface area (Å²) in [6.07, 6.45) is 5.17. The molecule has 1 aromatic rings. The maximum atomic E-state index is 12.3. The Hall–Kier alpha value is -1.53. The van der Waals surface area contributed by atoms with Crippen molar-refractivity contribution in [1.29, 1.82) is 0 Å². The molecular weight excluding hydrogens is 304 g/mol. The highest BCUT2D eigenvalue weighted by atomic mass is 16.3. The molecule has 0 aliphatic carbocycles. The van der Waals surface area contributed by atoms with Gasteiger partial charge in [0.1, 0.15) is 5.76 Å². The Morgan fingerprint density at radius 3 is 2.71 bits per heavy atom. The molecule has 2 aliphatic heterocycles. The summed E-state index contributed by atoms with van der Waals surface area (Å²) in [7, 11) is 0. The zero-order chi connectivity index (χ0) is 16.9. The van der Waals surface area contributed by atoms with E-state index >= 15 is 0 Å². The lowest BCUT2D eigenvalue weighted by atomic mass is 10.2. The van der Waals surface area contributed by atoms with Crippen molar-refractivity contribution in [1.82, 2.24) is 20.4 Å². The first-order valence-electron chi connectivity index (χ1n) is 9.19. The smallest absolute Gasteiger partial charge is 0.315 e. The predicted octanol–water partition coefficient (Wildman–Crippen LogP) is 2.20. The molecule has 2 amide bonds. The van der Waals surface area contributed by atoms with Crippen LogP contribution in [0.4, 0.5) is 4.79 Å². The molecule has 2 fully saturated rings. The number of hydrogen-bond acceptors (Lipinski definition) is 4. The second-order valence-corrected chi connectivity index (χ2v) is 7.20. The van der Waals surface area contributed by atoms with Crippen LogP contribution in [-0.4, -0.2) is 60.6 Å². The Bertz CT molecular complexity index is 511. The van der Waals surface area contributed by atoms with Crippen LogP contribution in [0.3, 0.4) is 0 Å². The Labute approximate surface area is 144 Å². The quantitative estimate of drug-likeness (QED) is 0.837. The van der Waals surface area contributed by atoms with Gasteiger partial charge in [-0.05, 0) is 58.3 Å². The first-order valence-corrected chi connectivity index (χ1v) is 9.19. The lowest BCUT2D eigenvalue weighted by Gasteiger charge is -2.26. The number of hydrogen-bond donors (Lipinski definition) is 2. The second kappa shape index (κ2) is 8.03. The Kier molecular flexibility index (Phi) is 5.79. The van der Waals surface area contributed by atoms with Crippen molar-refractivity contribution < 1.29 is 9.21 Å². The molecule has 0 spiro atoms. The van der Waals surface area contributed by atoms with Gasteiger partial charge in [-0.2, -0.15) is 0 Å². The van der Waals surface area contributed by atoms with E-state index < -0.39 is 0 Å². The van der Waals surface area contributed by atoms with Crippen molar-refractivity contribution in [3.05, 3.63) is 24.2 Å². The van der Waals surface area contributed by atoms with Crippen molar-refractivity contribution in [3.63, 3.8) is 0 Å². The highest BCUT2D eigenvalue weighted by Gasteiger charge is 2.28. The van der Waals surface area contributed by atoms with Crippen LogP contribution in [-0.2, 0) is 0 Å². The lowest BCUT2D eigenvalue weighted by molar-refractivity contribution is 0.201. The second-order valence-electron chi connectivity index (χ2n) is 7.20. The zero-order valence-electron chi connectivity index (χ0n) is 14.8. The number of furan rings is 1. The molecule has 3 heterocycles. The van der Waals surface area contributed by atoms with E-state index in [1.807, 2.05) is 12.1 Å². The van der Waals surface area contributed by atoms with Crippen molar-refractivity contribution in [2.75, 3.05) is 32.7 Å². The van der Waals surface area contributed by atoms with E-state index in [1.54, 1.807) is 6.26 Å². The third kappa shape index (κ3) is 4.30. The summed E-state index contributed by atoms with van der Waals surface area (Å²) in [6.45, 7) is 9.13. The molecule has 0 bridgehead atoms. The van der Waals surface area contributed by atoms with Gasteiger partial charge in [0.2, 0.25) is 0 Å². The van der Waals surface area contributed by atoms with E-state index in [4.69, 9.17) is 4.42 Å². The molecule has 2 atom stereocenters. The first kappa shape index (κ1) is 17.3. The number of rotatable bonds is 6. The van der Waals surface area contributed by atoms with Gasteiger partial charge in [0, 0.05) is 31.7 Å². The Morgan fingerprint density at radius 1 is 1.29 bits per heavy atom. The van der Waals surface area contributed by atoms with E-state index in [-0.39, 0.29) is 18.1 Å². The normalized spacial score (nSPS) is 23.7. The van der Waals surface area contributed by atoms with Crippen LogP contribution in [0.2, 0.25) is 0 Å². The summed E-state index contributed by atoms with van der Waals surface area (Å²) in [5.74, 6) is 0.934. The minimum absolute atomic E-state index is 0.0682. The minimum atomic E-state index is -0.0682. The number of nitrogens with zero attached hydrogens (tertiary/aromatic N) is 2. The maximum Gasteiger partial charge on any atom is 0.315 e. The molecule has 0 radical (unpaired) electrons. The number of carbonyl (C=O) groups is 1. The van der Waals surface area contributed by atoms with E-state index in [9.17, 15) is 4.79 Å². The summed E-state index contributed by atoms with van der Waals surface area (Å²) in [5, 5.41) is 6.16. The van der Waals surface area contributed by atoms with E-state index in [0.717, 1.165) is 38.4 Å². The first-order chi connectivity index (χ1) is 11.6. The van der Waals surface area contributed by atoms with Gasteiger partial charge in [0.15, 0.2) is 0 Å². The van der Waals surface area contributed by atoms with E-state index in [0.29, 0.717) is 12.6 Å². The van der Waals surface area contributed by atoms with Crippen LogP contribution in [0.5, 0.6) is 0 Å². The van der Waals surface area contributed by atoms with Crippen LogP contribution >= 0.6 is 0 Å². The highest BCUT2D eigenvalue weighted by Crippen LogP contribution is 2.24.